The van der Waals surface area contributed by atoms with Crippen LogP contribution in [0.4, 0.5) is 4.79 Å². The van der Waals surface area contributed by atoms with Crippen LogP contribution in [0, 0.1) is 0 Å². The third-order valence-electron chi connectivity index (χ3n) is 6.14. The molecule has 0 spiro atoms. The maximum Gasteiger partial charge on any atom is 0.419 e. The SMILES string of the molecule is CCCCCc1nc(CC(C(=O)OCc2ccccc2)c2ccc3c(c2)OCO3)cn1C(=O)OC(C)(C)C. The van der Waals surface area contributed by atoms with E-state index in [-0.39, 0.29) is 25.8 Å². The van der Waals surface area contributed by atoms with Gasteiger partial charge in [-0.2, -0.15) is 0 Å². The Morgan fingerprint density at radius 1 is 1.05 bits per heavy atom. The fraction of sp³-hybridized carbons (Fsp3) is 0.433. The number of benzene rings is 2. The lowest BCUT2D eigenvalue weighted by molar-refractivity contribution is -0.146. The number of aromatic nitrogens is 2. The topological polar surface area (TPSA) is 88.9 Å². The van der Waals surface area contributed by atoms with Gasteiger partial charge in [-0.25, -0.2) is 14.3 Å². The molecule has 3 aromatic rings. The number of imidazole rings is 1. The van der Waals surface area contributed by atoms with Crippen LogP contribution in [-0.4, -0.2) is 34.0 Å². The zero-order valence-corrected chi connectivity index (χ0v) is 22.6. The van der Waals surface area contributed by atoms with Crippen molar-refractivity contribution in [2.75, 3.05) is 6.79 Å². The summed E-state index contributed by atoms with van der Waals surface area (Å²) in [5, 5.41) is 0. The number of ether oxygens (including phenoxy) is 4. The maximum atomic E-state index is 13.4. The highest BCUT2D eigenvalue weighted by molar-refractivity contribution is 5.79. The standard InChI is InChI=1S/C30H36N2O6/c1-5-6-8-13-27-31-23(18-32(27)29(34)38-30(2,3)4)17-24(22-14-15-25-26(16-22)37-20-36-25)28(33)35-19-21-11-9-7-10-12-21/h7,9-12,14-16,18,24H,5-6,8,13,17,19-20H2,1-4H3. The molecule has 0 saturated carbocycles. The van der Waals surface area contributed by atoms with Crippen LogP contribution in [0.5, 0.6) is 11.5 Å². The van der Waals surface area contributed by atoms with Gasteiger partial charge in [-0.1, -0.05) is 56.2 Å². The number of nitrogens with zero attached hydrogens (tertiary/aromatic N) is 2. The van der Waals surface area contributed by atoms with Crippen LogP contribution in [0.3, 0.4) is 0 Å². The quantitative estimate of drug-likeness (QED) is 0.232. The van der Waals surface area contributed by atoms with Gasteiger partial charge in [0.1, 0.15) is 18.0 Å². The highest BCUT2D eigenvalue weighted by Crippen LogP contribution is 2.36. The minimum Gasteiger partial charge on any atom is -0.460 e. The zero-order valence-electron chi connectivity index (χ0n) is 22.6. The van der Waals surface area contributed by atoms with Crippen molar-refractivity contribution < 1.29 is 28.5 Å². The van der Waals surface area contributed by atoms with Gasteiger partial charge in [-0.05, 0) is 50.5 Å². The average Bonchev–Trinajstić information content (AvgIpc) is 3.52. The number of esters is 1. The van der Waals surface area contributed by atoms with E-state index in [0.717, 1.165) is 30.4 Å². The Hall–Kier alpha value is -3.81. The summed E-state index contributed by atoms with van der Waals surface area (Å²) in [5.41, 5.74) is 1.60. The third kappa shape index (κ3) is 7.15. The Morgan fingerprint density at radius 2 is 1.82 bits per heavy atom. The van der Waals surface area contributed by atoms with E-state index in [1.165, 1.54) is 4.57 Å². The van der Waals surface area contributed by atoms with Gasteiger partial charge in [0.05, 0.1) is 11.6 Å². The summed E-state index contributed by atoms with van der Waals surface area (Å²) in [5.74, 6) is 0.816. The van der Waals surface area contributed by atoms with Crippen molar-refractivity contribution in [3.63, 3.8) is 0 Å². The first-order chi connectivity index (χ1) is 18.2. The number of fused-ring (bicyclic) bond motifs is 1. The molecule has 202 valence electrons. The molecule has 2 aromatic carbocycles. The van der Waals surface area contributed by atoms with Gasteiger partial charge in [-0.3, -0.25) is 4.79 Å². The van der Waals surface area contributed by atoms with Crippen molar-refractivity contribution >= 4 is 12.1 Å². The van der Waals surface area contributed by atoms with Crippen molar-refractivity contribution in [3.8, 4) is 11.5 Å². The van der Waals surface area contributed by atoms with E-state index < -0.39 is 17.6 Å². The second kappa shape index (κ2) is 12.2. The predicted molar refractivity (Wildman–Crippen MR) is 142 cm³/mol. The lowest BCUT2D eigenvalue weighted by Crippen LogP contribution is -2.27. The molecular weight excluding hydrogens is 484 g/mol. The fourth-order valence-corrected chi connectivity index (χ4v) is 4.25. The van der Waals surface area contributed by atoms with Crippen LogP contribution in [0.25, 0.3) is 0 Å². The normalized spacial score (nSPS) is 13.3. The fourth-order valence-electron chi connectivity index (χ4n) is 4.25. The van der Waals surface area contributed by atoms with E-state index in [9.17, 15) is 9.59 Å². The summed E-state index contributed by atoms with van der Waals surface area (Å²) in [6.45, 7) is 7.93. The van der Waals surface area contributed by atoms with Crippen molar-refractivity contribution in [3.05, 3.63) is 77.4 Å². The van der Waals surface area contributed by atoms with Crippen molar-refractivity contribution in [1.82, 2.24) is 9.55 Å². The predicted octanol–water partition coefficient (Wildman–Crippen LogP) is 6.20. The molecule has 0 fully saturated rings. The minimum atomic E-state index is -0.654. The Labute approximate surface area is 223 Å². The number of unbranched alkanes of at least 4 members (excludes halogenated alkanes) is 2. The van der Waals surface area contributed by atoms with Crippen molar-refractivity contribution in [1.29, 1.82) is 0 Å². The lowest BCUT2D eigenvalue weighted by Gasteiger charge is -2.20. The molecular formula is C30H36N2O6. The van der Waals surface area contributed by atoms with E-state index in [4.69, 9.17) is 23.9 Å². The van der Waals surface area contributed by atoms with Gasteiger partial charge in [0.2, 0.25) is 6.79 Å². The Bertz CT molecular complexity index is 1250. The minimum absolute atomic E-state index is 0.142. The number of hydrogen-bond donors (Lipinski definition) is 0. The molecule has 1 aliphatic rings. The Kier molecular flexibility index (Phi) is 8.71. The molecule has 0 bridgehead atoms. The summed E-state index contributed by atoms with van der Waals surface area (Å²) in [6.07, 6.45) is 5.08. The summed E-state index contributed by atoms with van der Waals surface area (Å²) < 4.78 is 23.8. The van der Waals surface area contributed by atoms with E-state index >= 15 is 0 Å². The average molecular weight is 521 g/mol. The van der Waals surface area contributed by atoms with Crippen LogP contribution in [-0.2, 0) is 33.7 Å². The van der Waals surface area contributed by atoms with Crippen LogP contribution >= 0.6 is 0 Å². The van der Waals surface area contributed by atoms with Crippen LogP contribution in [0.2, 0.25) is 0 Å². The lowest BCUT2D eigenvalue weighted by atomic mass is 9.94. The zero-order chi connectivity index (χ0) is 27.1. The van der Waals surface area contributed by atoms with Crippen molar-refractivity contribution in [2.24, 2.45) is 0 Å². The maximum absolute atomic E-state index is 13.4. The molecule has 0 aliphatic carbocycles. The number of carbonyl (C=O) groups excluding carboxylic acids is 2. The van der Waals surface area contributed by atoms with Gasteiger partial charge in [0.15, 0.2) is 11.5 Å². The van der Waals surface area contributed by atoms with Crippen LogP contribution in [0.15, 0.2) is 54.7 Å². The summed E-state index contributed by atoms with van der Waals surface area (Å²) in [6, 6.07) is 15.0. The number of hydrogen-bond acceptors (Lipinski definition) is 7. The highest BCUT2D eigenvalue weighted by atomic mass is 16.7. The van der Waals surface area contributed by atoms with Gasteiger partial charge >= 0.3 is 12.1 Å². The first-order valence-electron chi connectivity index (χ1n) is 13.1. The summed E-state index contributed by atoms with van der Waals surface area (Å²) in [7, 11) is 0. The van der Waals surface area contributed by atoms with Gasteiger partial charge in [-0.15, -0.1) is 0 Å². The molecule has 8 nitrogen and oxygen atoms in total. The van der Waals surface area contributed by atoms with Crippen LogP contribution < -0.4 is 9.47 Å². The second-order valence-corrected chi connectivity index (χ2v) is 10.4. The Balaban J connectivity index is 1.61. The summed E-state index contributed by atoms with van der Waals surface area (Å²) in [4.78, 5) is 31.2. The molecule has 38 heavy (non-hydrogen) atoms. The van der Waals surface area contributed by atoms with E-state index in [2.05, 4.69) is 6.92 Å². The molecule has 0 saturated heterocycles. The summed E-state index contributed by atoms with van der Waals surface area (Å²) >= 11 is 0. The molecule has 1 aromatic heterocycles. The van der Waals surface area contributed by atoms with E-state index in [1.54, 1.807) is 12.3 Å². The number of rotatable bonds is 10. The second-order valence-electron chi connectivity index (χ2n) is 10.4. The van der Waals surface area contributed by atoms with Gasteiger partial charge in [0, 0.05) is 19.0 Å². The van der Waals surface area contributed by atoms with Gasteiger partial charge in [0.25, 0.3) is 0 Å². The van der Waals surface area contributed by atoms with E-state index in [0.29, 0.717) is 29.4 Å². The molecule has 1 unspecified atom stereocenters. The molecule has 2 heterocycles. The third-order valence-corrected chi connectivity index (χ3v) is 6.14. The smallest absolute Gasteiger partial charge is 0.419 e. The molecule has 0 amide bonds. The molecule has 0 radical (unpaired) electrons. The number of carbonyl (C=O) groups is 2. The Morgan fingerprint density at radius 3 is 2.55 bits per heavy atom. The van der Waals surface area contributed by atoms with Gasteiger partial charge < -0.3 is 18.9 Å². The largest absolute Gasteiger partial charge is 0.460 e. The first-order valence-corrected chi connectivity index (χ1v) is 13.1. The van der Waals surface area contributed by atoms with Crippen LogP contribution in [0.1, 0.15) is 75.5 Å². The molecule has 1 aliphatic heterocycles. The number of aryl methyl sites for hydroxylation is 1. The molecule has 1 atom stereocenters. The molecule has 4 rings (SSSR count). The van der Waals surface area contributed by atoms with E-state index in [1.807, 2.05) is 63.2 Å². The molecule has 8 heteroatoms. The molecule has 0 N–H and O–H groups in total. The monoisotopic (exact) mass is 520 g/mol. The van der Waals surface area contributed by atoms with Crippen molar-refractivity contribution in [2.45, 2.75) is 77.9 Å². The first kappa shape index (κ1) is 27.2. The highest BCUT2D eigenvalue weighted by Gasteiger charge is 2.28.